The maximum atomic E-state index is 12.5. The lowest BCUT2D eigenvalue weighted by Crippen LogP contribution is -2.45. The summed E-state index contributed by atoms with van der Waals surface area (Å²) in [4.78, 5) is 12.5. The number of carbonyl (C=O) groups excluding carboxylic acids is 1. The Bertz CT molecular complexity index is 921. The number of carbonyl (C=O) groups is 1. The number of amides is 1. The van der Waals surface area contributed by atoms with Gasteiger partial charge in [-0.25, -0.2) is 0 Å². The van der Waals surface area contributed by atoms with Crippen LogP contribution in [0.4, 0.5) is 0 Å². The molecule has 0 heterocycles. The number of aliphatic hydroxyl groups is 2. The zero-order chi connectivity index (χ0) is 47.7. The monoisotopic (exact) mass is 930 g/mol. The SMILES string of the molecule is CCCCCCCCCC/C=C\CCCCCCCCCCCC(=O)NC(CO)C(O)CCCCCCCCCCCCCCCCCCCCCCCCCCCCCCCCCCC. The first-order valence-corrected chi connectivity index (χ1v) is 30.9. The number of rotatable bonds is 58. The van der Waals surface area contributed by atoms with Crippen LogP contribution in [0.1, 0.15) is 361 Å². The van der Waals surface area contributed by atoms with Crippen LogP contribution in [0.2, 0.25) is 0 Å². The van der Waals surface area contributed by atoms with Gasteiger partial charge in [-0.1, -0.05) is 328 Å². The van der Waals surface area contributed by atoms with Crippen molar-refractivity contribution in [3.63, 3.8) is 0 Å². The van der Waals surface area contributed by atoms with Gasteiger partial charge in [0.1, 0.15) is 0 Å². The molecule has 0 radical (unpaired) electrons. The molecule has 0 saturated carbocycles. The fourth-order valence-electron chi connectivity index (χ4n) is 10.1. The minimum atomic E-state index is -0.659. The molecule has 2 atom stereocenters. The topological polar surface area (TPSA) is 69.6 Å². The van der Waals surface area contributed by atoms with Crippen LogP contribution in [0.5, 0.6) is 0 Å². The van der Waals surface area contributed by atoms with E-state index in [2.05, 4.69) is 31.3 Å². The van der Waals surface area contributed by atoms with Crippen LogP contribution in [0.25, 0.3) is 0 Å². The molecule has 0 spiro atoms. The molecule has 0 aliphatic heterocycles. The van der Waals surface area contributed by atoms with Crippen molar-refractivity contribution in [3.8, 4) is 0 Å². The molecule has 0 aromatic carbocycles. The van der Waals surface area contributed by atoms with Crippen molar-refractivity contribution in [1.29, 1.82) is 0 Å². The lowest BCUT2D eigenvalue weighted by molar-refractivity contribution is -0.123. The molecule has 0 fully saturated rings. The van der Waals surface area contributed by atoms with Gasteiger partial charge in [0.25, 0.3) is 0 Å². The third kappa shape index (κ3) is 54.1. The maximum absolute atomic E-state index is 12.5. The lowest BCUT2D eigenvalue weighted by atomic mass is 10.0. The van der Waals surface area contributed by atoms with Gasteiger partial charge < -0.3 is 15.5 Å². The average molecular weight is 931 g/mol. The molecule has 0 rings (SSSR count). The predicted molar refractivity (Wildman–Crippen MR) is 295 cm³/mol. The van der Waals surface area contributed by atoms with Crippen LogP contribution < -0.4 is 5.32 Å². The Kier molecular flexibility index (Phi) is 57.7. The van der Waals surface area contributed by atoms with Crippen LogP contribution in [0, 0.1) is 0 Å². The molecule has 4 nitrogen and oxygen atoms in total. The summed E-state index contributed by atoms with van der Waals surface area (Å²) < 4.78 is 0. The number of hydrogen-bond acceptors (Lipinski definition) is 3. The van der Waals surface area contributed by atoms with E-state index in [0.717, 1.165) is 25.7 Å². The molecule has 0 aromatic rings. The predicted octanol–water partition coefficient (Wildman–Crippen LogP) is 20.5. The van der Waals surface area contributed by atoms with Crippen molar-refractivity contribution in [2.75, 3.05) is 6.61 Å². The Morgan fingerprint density at radius 2 is 0.576 bits per heavy atom. The van der Waals surface area contributed by atoms with E-state index in [-0.39, 0.29) is 12.5 Å². The first-order chi connectivity index (χ1) is 32.7. The summed E-state index contributed by atoms with van der Waals surface area (Å²) in [6, 6.07) is -0.536. The molecule has 394 valence electrons. The minimum absolute atomic E-state index is 0.0267. The Labute approximate surface area is 416 Å². The molecular formula is C62H123NO3. The molecule has 0 aliphatic rings. The zero-order valence-electron chi connectivity index (χ0n) is 45.5. The molecule has 4 heteroatoms. The van der Waals surface area contributed by atoms with Crippen LogP contribution in [-0.4, -0.2) is 34.9 Å². The summed E-state index contributed by atoms with van der Waals surface area (Å²) >= 11 is 0. The number of unbranched alkanes of at least 4 members (excludes halogenated alkanes) is 49. The summed E-state index contributed by atoms with van der Waals surface area (Å²) in [5, 5.41) is 23.4. The van der Waals surface area contributed by atoms with E-state index < -0.39 is 12.1 Å². The van der Waals surface area contributed by atoms with Gasteiger partial charge in [-0.15, -0.1) is 0 Å². The average Bonchev–Trinajstić information content (AvgIpc) is 3.32. The zero-order valence-corrected chi connectivity index (χ0v) is 45.5. The molecule has 2 unspecified atom stereocenters. The minimum Gasteiger partial charge on any atom is -0.394 e. The smallest absolute Gasteiger partial charge is 0.220 e. The molecule has 1 amide bonds. The molecule has 0 bridgehead atoms. The first kappa shape index (κ1) is 65.1. The fraction of sp³-hybridized carbons (Fsp3) is 0.952. The van der Waals surface area contributed by atoms with Crippen molar-refractivity contribution in [2.24, 2.45) is 0 Å². The van der Waals surface area contributed by atoms with Crippen LogP contribution in [0.3, 0.4) is 0 Å². The van der Waals surface area contributed by atoms with Gasteiger partial charge in [0.15, 0.2) is 0 Å². The summed E-state index contributed by atoms with van der Waals surface area (Å²) in [7, 11) is 0. The van der Waals surface area contributed by atoms with Crippen molar-refractivity contribution in [2.45, 2.75) is 373 Å². The standard InChI is InChI=1S/C62H123NO3/c1-3-5-7-9-11-13-15-17-19-21-23-25-26-27-28-29-30-31-32-33-34-35-36-38-39-41-43-45-47-49-51-53-55-57-61(65)60(59-64)63-62(66)58-56-54-52-50-48-46-44-42-40-37-24-22-20-18-16-14-12-10-8-6-4-2/h22,24,60-61,64-65H,3-21,23,25-59H2,1-2H3,(H,63,66)/b24-22-. The highest BCUT2D eigenvalue weighted by atomic mass is 16.3. The second-order valence-electron chi connectivity index (χ2n) is 21.5. The molecule has 66 heavy (non-hydrogen) atoms. The number of hydrogen-bond donors (Lipinski definition) is 3. The largest absolute Gasteiger partial charge is 0.394 e. The highest BCUT2D eigenvalue weighted by Crippen LogP contribution is 2.19. The van der Waals surface area contributed by atoms with E-state index in [1.807, 2.05) is 0 Å². The van der Waals surface area contributed by atoms with E-state index in [4.69, 9.17) is 0 Å². The van der Waals surface area contributed by atoms with E-state index in [1.165, 1.54) is 308 Å². The van der Waals surface area contributed by atoms with Gasteiger partial charge in [0.05, 0.1) is 18.8 Å². The Balaban J connectivity index is 3.38. The second kappa shape index (κ2) is 58.4. The van der Waals surface area contributed by atoms with Crippen molar-refractivity contribution in [1.82, 2.24) is 5.32 Å². The third-order valence-corrected chi connectivity index (χ3v) is 14.8. The van der Waals surface area contributed by atoms with Gasteiger partial charge in [-0.05, 0) is 38.5 Å². The van der Waals surface area contributed by atoms with Gasteiger partial charge >= 0.3 is 0 Å². The normalized spacial score (nSPS) is 12.7. The van der Waals surface area contributed by atoms with Gasteiger partial charge in [0.2, 0.25) is 5.91 Å². The summed E-state index contributed by atoms with van der Waals surface area (Å²) in [6.45, 7) is 4.40. The quantitative estimate of drug-likeness (QED) is 0.0420. The van der Waals surface area contributed by atoms with Gasteiger partial charge in [0, 0.05) is 6.42 Å². The molecule has 0 aliphatic carbocycles. The van der Waals surface area contributed by atoms with Gasteiger partial charge in [-0.3, -0.25) is 4.79 Å². The third-order valence-electron chi connectivity index (χ3n) is 14.8. The van der Waals surface area contributed by atoms with Gasteiger partial charge in [-0.2, -0.15) is 0 Å². The van der Waals surface area contributed by atoms with Crippen LogP contribution in [-0.2, 0) is 4.79 Å². The summed E-state index contributed by atoms with van der Waals surface area (Å²) in [6.07, 6.45) is 76.6. The molecule has 3 N–H and O–H groups in total. The van der Waals surface area contributed by atoms with Crippen LogP contribution >= 0.6 is 0 Å². The highest BCUT2D eigenvalue weighted by Gasteiger charge is 2.20. The van der Waals surface area contributed by atoms with Crippen molar-refractivity contribution >= 4 is 5.91 Å². The number of nitrogens with one attached hydrogen (secondary N) is 1. The lowest BCUT2D eigenvalue weighted by Gasteiger charge is -2.22. The molecule has 0 saturated heterocycles. The Morgan fingerprint density at radius 3 is 0.833 bits per heavy atom. The van der Waals surface area contributed by atoms with E-state index in [9.17, 15) is 15.0 Å². The fourth-order valence-corrected chi connectivity index (χ4v) is 10.1. The number of allylic oxidation sites excluding steroid dienone is 2. The van der Waals surface area contributed by atoms with Crippen LogP contribution in [0.15, 0.2) is 12.2 Å². The summed E-state index contributed by atoms with van der Waals surface area (Å²) in [5.74, 6) is -0.0267. The van der Waals surface area contributed by atoms with E-state index in [0.29, 0.717) is 12.8 Å². The molecule has 0 aromatic heterocycles. The van der Waals surface area contributed by atoms with E-state index in [1.54, 1.807) is 0 Å². The Hall–Kier alpha value is -0.870. The maximum Gasteiger partial charge on any atom is 0.220 e. The van der Waals surface area contributed by atoms with Crippen molar-refractivity contribution in [3.05, 3.63) is 12.2 Å². The summed E-state index contributed by atoms with van der Waals surface area (Å²) in [5.41, 5.74) is 0. The Morgan fingerprint density at radius 1 is 0.348 bits per heavy atom. The highest BCUT2D eigenvalue weighted by molar-refractivity contribution is 5.76. The van der Waals surface area contributed by atoms with Crippen molar-refractivity contribution < 1.29 is 15.0 Å². The van der Waals surface area contributed by atoms with E-state index >= 15 is 0 Å². The second-order valence-corrected chi connectivity index (χ2v) is 21.5. The first-order valence-electron chi connectivity index (χ1n) is 30.9. The molecular weight excluding hydrogens is 807 g/mol. The number of aliphatic hydroxyl groups excluding tert-OH is 2.